The monoisotopic (exact) mass is 278 g/mol. The minimum absolute atomic E-state index is 0. The molecule has 94 valence electrons. The van der Waals surface area contributed by atoms with Gasteiger partial charge in [0.2, 0.25) is 0 Å². The maximum atomic E-state index is 10.8. The Morgan fingerprint density at radius 2 is 2.33 bits per heavy atom. The summed E-state index contributed by atoms with van der Waals surface area (Å²) in [4.78, 5) is 0.314. The molecule has 0 amide bonds. The second-order valence-electron chi connectivity index (χ2n) is 4.11. The van der Waals surface area contributed by atoms with E-state index in [4.69, 9.17) is 9.47 Å². The molecule has 0 bridgehead atoms. The first-order valence-electron chi connectivity index (χ1n) is 5.61. The average molecular weight is 278 g/mol. The summed E-state index contributed by atoms with van der Waals surface area (Å²) in [5.74, 6) is 0.687. The van der Waals surface area contributed by atoms with Crippen molar-refractivity contribution in [3.05, 3.63) is 23.8 Å². The quantitative estimate of drug-likeness (QED) is 0.512. The van der Waals surface area contributed by atoms with E-state index < -0.39 is 11.1 Å². The summed E-state index contributed by atoms with van der Waals surface area (Å²) in [6, 6.07) is 4.97. The van der Waals surface area contributed by atoms with Gasteiger partial charge in [-0.25, -0.2) is 0 Å². The van der Waals surface area contributed by atoms with Crippen LogP contribution in [0, 0.1) is 6.92 Å². The molecule has 1 aliphatic heterocycles. The Morgan fingerprint density at radius 3 is 2.89 bits per heavy atom. The molecule has 0 radical (unpaired) electrons. The van der Waals surface area contributed by atoms with Crippen molar-refractivity contribution in [2.24, 2.45) is 0 Å². The molecule has 6 heteroatoms. The average Bonchev–Trinajstić information content (AvgIpc) is 2.78. The standard InChI is InChI=1S/C12H16O4S.Na/c1-9-7-10(4-5-12(9)17(13)14)16-8-11-3-2-6-15-11;/h4-5,7,11H,2-3,6,8H2,1H3,(H,13,14);/q;+1/p-1. The van der Waals surface area contributed by atoms with Gasteiger partial charge in [0.05, 0.1) is 6.10 Å². The Bertz CT molecular complexity index is 419. The molecule has 0 N–H and O–H groups in total. The third-order valence-corrected chi connectivity index (χ3v) is 3.60. The minimum atomic E-state index is -2.18. The SMILES string of the molecule is Cc1cc(OCC2CCCO2)ccc1S(=O)[O-].[Na+]. The Labute approximate surface area is 132 Å². The molecule has 1 aromatic rings. The zero-order valence-electron chi connectivity index (χ0n) is 10.7. The van der Waals surface area contributed by atoms with E-state index in [1.54, 1.807) is 25.1 Å². The van der Waals surface area contributed by atoms with Crippen LogP contribution in [-0.2, 0) is 15.8 Å². The van der Waals surface area contributed by atoms with Gasteiger partial charge in [-0.05, 0) is 54.6 Å². The molecule has 4 nitrogen and oxygen atoms in total. The third-order valence-electron chi connectivity index (χ3n) is 2.79. The van der Waals surface area contributed by atoms with Crippen LogP contribution in [-0.4, -0.2) is 28.1 Å². The van der Waals surface area contributed by atoms with Crippen LogP contribution in [0.4, 0.5) is 0 Å². The van der Waals surface area contributed by atoms with Gasteiger partial charge < -0.3 is 14.0 Å². The van der Waals surface area contributed by atoms with Gasteiger partial charge in [0.1, 0.15) is 12.4 Å². The second-order valence-corrected chi connectivity index (χ2v) is 5.02. The number of hydrogen-bond acceptors (Lipinski definition) is 4. The molecule has 0 aromatic heterocycles. The summed E-state index contributed by atoms with van der Waals surface area (Å²) in [6.45, 7) is 3.09. The third kappa shape index (κ3) is 4.33. The van der Waals surface area contributed by atoms with E-state index in [2.05, 4.69) is 0 Å². The van der Waals surface area contributed by atoms with Crippen molar-refractivity contribution in [3.8, 4) is 5.75 Å². The van der Waals surface area contributed by atoms with Crippen LogP contribution >= 0.6 is 0 Å². The second kappa shape index (κ2) is 7.62. The predicted molar refractivity (Wildman–Crippen MR) is 62.8 cm³/mol. The van der Waals surface area contributed by atoms with E-state index in [-0.39, 0.29) is 35.7 Å². The van der Waals surface area contributed by atoms with Crippen molar-refractivity contribution >= 4 is 11.1 Å². The van der Waals surface area contributed by atoms with Gasteiger partial charge in [-0.3, -0.25) is 4.21 Å². The number of rotatable bonds is 4. The minimum Gasteiger partial charge on any atom is -0.768 e. The summed E-state index contributed by atoms with van der Waals surface area (Å²) >= 11 is -2.18. The molecule has 2 unspecified atom stereocenters. The number of hydrogen-bond donors (Lipinski definition) is 0. The normalized spacial score (nSPS) is 20.2. The Hall–Kier alpha value is 0.0900. The van der Waals surface area contributed by atoms with Gasteiger partial charge in [-0.15, -0.1) is 0 Å². The predicted octanol–water partition coefficient (Wildman–Crippen LogP) is -1.21. The van der Waals surface area contributed by atoms with E-state index in [1.807, 2.05) is 0 Å². The molecule has 2 rings (SSSR count). The van der Waals surface area contributed by atoms with Crippen molar-refractivity contribution in [1.29, 1.82) is 0 Å². The zero-order chi connectivity index (χ0) is 12.3. The number of ether oxygens (including phenoxy) is 2. The van der Waals surface area contributed by atoms with E-state index >= 15 is 0 Å². The fourth-order valence-electron chi connectivity index (χ4n) is 1.86. The van der Waals surface area contributed by atoms with Crippen molar-refractivity contribution < 1.29 is 47.8 Å². The van der Waals surface area contributed by atoms with Gasteiger partial charge in [-0.1, -0.05) is 0 Å². The van der Waals surface area contributed by atoms with E-state index in [9.17, 15) is 8.76 Å². The summed E-state index contributed by atoms with van der Waals surface area (Å²) in [5, 5.41) is 0. The smallest absolute Gasteiger partial charge is 0.768 e. The largest absolute Gasteiger partial charge is 1.00 e. The summed E-state index contributed by atoms with van der Waals surface area (Å²) in [6.07, 6.45) is 2.28. The van der Waals surface area contributed by atoms with Gasteiger partial charge in [-0.2, -0.15) is 0 Å². The zero-order valence-corrected chi connectivity index (χ0v) is 13.5. The molecule has 0 saturated carbocycles. The molecule has 1 aromatic carbocycles. The fourth-order valence-corrected chi connectivity index (χ4v) is 2.36. The van der Waals surface area contributed by atoms with Gasteiger partial charge in [0.15, 0.2) is 0 Å². The topological polar surface area (TPSA) is 58.6 Å². The van der Waals surface area contributed by atoms with Gasteiger partial charge in [0.25, 0.3) is 0 Å². The first-order valence-corrected chi connectivity index (χ1v) is 6.68. The summed E-state index contributed by atoms with van der Waals surface area (Å²) in [7, 11) is 0. The van der Waals surface area contributed by atoms with Gasteiger partial charge >= 0.3 is 29.6 Å². The molecule has 1 saturated heterocycles. The summed E-state index contributed by atoms with van der Waals surface area (Å²) < 4.78 is 32.7. The van der Waals surface area contributed by atoms with Crippen LogP contribution in [0.15, 0.2) is 23.1 Å². The van der Waals surface area contributed by atoms with Crippen LogP contribution in [0.2, 0.25) is 0 Å². The molecule has 0 aliphatic carbocycles. The van der Waals surface area contributed by atoms with Crippen LogP contribution in [0.5, 0.6) is 5.75 Å². The van der Waals surface area contributed by atoms with Gasteiger partial charge in [0, 0.05) is 11.5 Å². The van der Waals surface area contributed by atoms with Crippen LogP contribution in [0.25, 0.3) is 0 Å². The molecule has 1 aliphatic rings. The summed E-state index contributed by atoms with van der Waals surface area (Å²) in [5.41, 5.74) is 0.697. The number of aryl methyl sites for hydroxylation is 1. The van der Waals surface area contributed by atoms with Crippen LogP contribution in [0.3, 0.4) is 0 Å². The first-order chi connectivity index (χ1) is 8.16. The van der Waals surface area contributed by atoms with E-state index in [0.717, 1.165) is 19.4 Å². The van der Waals surface area contributed by atoms with Crippen LogP contribution < -0.4 is 34.3 Å². The van der Waals surface area contributed by atoms with Crippen molar-refractivity contribution in [1.82, 2.24) is 0 Å². The molecular formula is C12H15NaO4S. The maximum absolute atomic E-state index is 10.8. The Kier molecular flexibility index (Phi) is 6.84. The Balaban J connectivity index is 0.00000162. The van der Waals surface area contributed by atoms with Crippen molar-refractivity contribution in [2.75, 3.05) is 13.2 Å². The van der Waals surface area contributed by atoms with E-state index in [1.165, 1.54) is 0 Å². The molecule has 18 heavy (non-hydrogen) atoms. The molecule has 2 atom stereocenters. The molecular weight excluding hydrogens is 263 g/mol. The number of benzene rings is 1. The Morgan fingerprint density at radius 1 is 1.56 bits per heavy atom. The maximum Gasteiger partial charge on any atom is 1.00 e. The molecule has 1 heterocycles. The molecule has 1 fully saturated rings. The van der Waals surface area contributed by atoms with E-state index in [0.29, 0.717) is 22.8 Å². The van der Waals surface area contributed by atoms with Crippen molar-refractivity contribution in [2.45, 2.75) is 30.8 Å². The first kappa shape index (κ1) is 16.1. The van der Waals surface area contributed by atoms with Crippen molar-refractivity contribution in [3.63, 3.8) is 0 Å². The van der Waals surface area contributed by atoms with Crippen LogP contribution in [0.1, 0.15) is 18.4 Å². The fraction of sp³-hybridized carbons (Fsp3) is 0.500. The molecule has 0 spiro atoms.